The fraction of sp³-hybridized carbons (Fsp3) is 0.533. The van der Waals surface area contributed by atoms with Gasteiger partial charge >= 0.3 is 0 Å². The van der Waals surface area contributed by atoms with Crippen LogP contribution in [-0.4, -0.2) is 59.8 Å². The smallest absolute Gasteiger partial charge is 0.153 e. The zero-order chi connectivity index (χ0) is 15.2. The number of hydrogen-bond acceptors (Lipinski definition) is 5. The average molecular weight is 297 g/mol. The molecule has 1 aromatic rings. The van der Waals surface area contributed by atoms with E-state index in [4.69, 9.17) is 14.9 Å². The van der Waals surface area contributed by atoms with Crippen LogP contribution in [0.4, 0.5) is 4.39 Å². The molecule has 5 nitrogen and oxygen atoms in total. The summed E-state index contributed by atoms with van der Waals surface area (Å²) in [6.45, 7) is 1.20. The summed E-state index contributed by atoms with van der Waals surface area (Å²) in [7, 11) is 0. The average Bonchev–Trinajstić information content (AvgIpc) is 2.50. The highest BCUT2D eigenvalue weighted by Gasteiger charge is 2.25. The highest BCUT2D eigenvalue weighted by Crippen LogP contribution is 2.23. The van der Waals surface area contributed by atoms with Gasteiger partial charge in [-0.2, -0.15) is 0 Å². The van der Waals surface area contributed by atoms with Crippen molar-refractivity contribution in [2.45, 2.75) is 25.0 Å². The van der Waals surface area contributed by atoms with Crippen LogP contribution in [0.1, 0.15) is 23.2 Å². The summed E-state index contributed by atoms with van der Waals surface area (Å²) < 4.78 is 19.0. The van der Waals surface area contributed by atoms with Crippen molar-refractivity contribution in [3.8, 4) is 5.75 Å². The summed E-state index contributed by atoms with van der Waals surface area (Å²) in [4.78, 5) is 12.9. The lowest BCUT2D eigenvalue weighted by Crippen LogP contribution is -2.47. The number of halogens is 1. The molecule has 0 spiro atoms. The lowest BCUT2D eigenvalue weighted by atomic mass is 10.1. The Labute approximate surface area is 122 Å². The monoisotopic (exact) mass is 297 g/mol. The number of aliphatic hydroxyl groups is 2. The van der Waals surface area contributed by atoms with Gasteiger partial charge in [-0.3, -0.25) is 9.69 Å². The van der Waals surface area contributed by atoms with Gasteiger partial charge in [0.1, 0.15) is 17.7 Å². The molecule has 0 unspecified atom stereocenters. The van der Waals surface area contributed by atoms with E-state index < -0.39 is 5.82 Å². The highest BCUT2D eigenvalue weighted by atomic mass is 19.1. The van der Waals surface area contributed by atoms with Crippen molar-refractivity contribution >= 4 is 6.29 Å². The maximum Gasteiger partial charge on any atom is 0.153 e. The summed E-state index contributed by atoms with van der Waals surface area (Å²) in [6, 6.07) is 3.61. The second-order valence-electron chi connectivity index (χ2n) is 5.17. The predicted molar refractivity (Wildman–Crippen MR) is 75.0 cm³/mol. The molecule has 0 saturated carbocycles. The second kappa shape index (κ2) is 7.49. The highest BCUT2D eigenvalue weighted by molar-refractivity contribution is 5.79. The van der Waals surface area contributed by atoms with Gasteiger partial charge in [-0.05, 0) is 25.0 Å². The van der Waals surface area contributed by atoms with E-state index in [0.29, 0.717) is 37.8 Å². The minimum Gasteiger partial charge on any atom is -0.489 e. The van der Waals surface area contributed by atoms with Crippen LogP contribution >= 0.6 is 0 Å². The SMILES string of the molecule is O=Cc1ccc(F)cc1OC1CCN(C(CO)CO)CC1. The molecule has 0 bridgehead atoms. The molecule has 116 valence electrons. The van der Waals surface area contributed by atoms with Crippen molar-refractivity contribution in [2.24, 2.45) is 0 Å². The van der Waals surface area contributed by atoms with Crippen molar-refractivity contribution in [1.29, 1.82) is 0 Å². The normalized spacial score (nSPS) is 17.1. The van der Waals surface area contributed by atoms with Crippen molar-refractivity contribution in [3.63, 3.8) is 0 Å². The minimum absolute atomic E-state index is 0.0821. The van der Waals surface area contributed by atoms with Crippen LogP contribution in [0.2, 0.25) is 0 Å². The van der Waals surface area contributed by atoms with E-state index in [1.807, 2.05) is 4.90 Å². The third-order valence-electron chi connectivity index (χ3n) is 3.81. The zero-order valence-electron chi connectivity index (χ0n) is 11.7. The predicted octanol–water partition coefficient (Wildman–Crippen LogP) is 0.835. The van der Waals surface area contributed by atoms with Crippen LogP contribution in [-0.2, 0) is 0 Å². The Morgan fingerprint density at radius 3 is 2.57 bits per heavy atom. The van der Waals surface area contributed by atoms with Gasteiger partial charge in [-0.15, -0.1) is 0 Å². The molecule has 0 amide bonds. The van der Waals surface area contributed by atoms with Crippen LogP contribution in [0.3, 0.4) is 0 Å². The van der Waals surface area contributed by atoms with Crippen molar-refractivity contribution in [2.75, 3.05) is 26.3 Å². The van der Waals surface area contributed by atoms with E-state index in [1.165, 1.54) is 18.2 Å². The Morgan fingerprint density at radius 2 is 2.00 bits per heavy atom. The first-order valence-corrected chi connectivity index (χ1v) is 7.05. The maximum atomic E-state index is 13.2. The first kappa shape index (κ1) is 15.9. The Balaban J connectivity index is 1.94. The van der Waals surface area contributed by atoms with Gasteiger partial charge in [-0.1, -0.05) is 0 Å². The summed E-state index contributed by atoms with van der Waals surface area (Å²) in [5, 5.41) is 18.3. The van der Waals surface area contributed by atoms with Gasteiger partial charge < -0.3 is 14.9 Å². The molecule has 1 fully saturated rings. The fourth-order valence-corrected chi connectivity index (χ4v) is 2.53. The Hall–Kier alpha value is -1.50. The molecule has 1 aliphatic rings. The quantitative estimate of drug-likeness (QED) is 0.761. The van der Waals surface area contributed by atoms with Crippen molar-refractivity contribution in [3.05, 3.63) is 29.6 Å². The van der Waals surface area contributed by atoms with E-state index in [2.05, 4.69) is 0 Å². The second-order valence-corrected chi connectivity index (χ2v) is 5.17. The molecule has 2 rings (SSSR count). The first-order valence-electron chi connectivity index (χ1n) is 7.05. The molecule has 0 aromatic heterocycles. The number of hydrogen-bond donors (Lipinski definition) is 2. The van der Waals surface area contributed by atoms with Crippen LogP contribution in [0.15, 0.2) is 18.2 Å². The van der Waals surface area contributed by atoms with Crippen LogP contribution in [0.5, 0.6) is 5.75 Å². The van der Waals surface area contributed by atoms with E-state index in [9.17, 15) is 9.18 Å². The molecule has 1 heterocycles. The van der Waals surface area contributed by atoms with Gasteiger partial charge in [0.15, 0.2) is 6.29 Å². The molecule has 1 saturated heterocycles. The number of rotatable bonds is 6. The largest absolute Gasteiger partial charge is 0.489 e. The van der Waals surface area contributed by atoms with Crippen LogP contribution in [0.25, 0.3) is 0 Å². The molecule has 1 aromatic carbocycles. The van der Waals surface area contributed by atoms with Gasteiger partial charge in [0.2, 0.25) is 0 Å². The Kier molecular flexibility index (Phi) is 5.67. The molecule has 1 aliphatic heterocycles. The third-order valence-corrected chi connectivity index (χ3v) is 3.81. The number of ether oxygens (including phenoxy) is 1. The van der Waals surface area contributed by atoms with E-state index in [0.717, 1.165) is 0 Å². The lowest BCUT2D eigenvalue weighted by molar-refractivity contribution is 0.0284. The number of nitrogens with zero attached hydrogens (tertiary/aromatic N) is 1. The Bertz CT molecular complexity index is 471. The zero-order valence-corrected chi connectivity index (χ0v) is 11.7. The topological polar surface area (TPSA) is 70.0 Å². The molecule has 2 N–H and O–H groups in total. The maximum absolute atomic E-state index is 13.2. The lowest BCUT2D eigenvalue weighted by Gasteiger charge is -2.36. The molecular weight excluding hydrogens is 277 g/mol. The first-order chi connectivity index (χ1) is 10.2. The molecular formula is C15H20FNO4. The number of benzene rings is 1. The van der Waals surface area contributed by atoms with Crippen LogP contribution in [0, 0.1) is 5.82 Å². The summed E-state index contributed by atoms with van der Waals surface area (Å²) in [5.74, 6) is -0.169. The van der Waals surface area contributed by atoms with Gasteiger partial charge in [0, 0.05) is 19.2 Å². The summed E-state index contributed by atoms with van der Waals surface area (Å²) in [5.41, 5.74) is 0.336. The number of carbonyl (C=O) groups is 1. The molecule has 6 heteroatoms. The number of aldehydes is 1. The van der Waals surface area contributed by atoms with Gasteiger partial charge in [0.25, 0.3) is 0 Å². The van der Waals surface area contributed by atoms with Crippen molar-refractivity contribution in [1.82, 2.24) is 4.90 Å². The number of likely N-dealkylation sites (tertiary alicyclic amines) is 1. The van der Waals surface area contributed by atoms with Crippen molar-refractivity contribution < 1.29 is 24.1 Å². The number of carbonyl (C=O) groups excluding carboxylic acids is 1. The number of piperidine rings is 1. The van der Waals surface area contributed by atoms with Crippen LogP contribution < -0.4 is 4.74 Å². The third kappa shape index (κ3) is 4.00. The molecule has 21 heavy (non-hydrogen) atoms. The minimum atomic E-state index is -0.436. The summed E-state index contributed by atoms with van der Waals surface area (Å²) >= 11 is 0. The summed E-state index contributed by atoms with van der Waals surface area (Å²) in [6.07, 6.45) is 1.95. The molecule has 0 radical (unpaired) electrons. The van der Waals surface area contributed by atoms with E-state index in [-0.39, 0.29) is 31.1 Å². The number of aliphatic hydroxyl groups excluding tert-OH is 2. The van der Waals surface area contributed by atoms with E-state index in [1.54, 1.807) is 0 Å². The van der Waals surface area contributed by atoms with E-state index >= 15 is 0 Å². The molecule has 0 aliphatic carbocycles. The standard InChI is InChI=1S/C15H20FNO4/c16-12-2-1-11(8-18)15(7-12)21-14-3-5-17(6-4-14)13(9-19)10-20/h1-2,7-8,13-14,19-20H,3-6,9-10H2. The molecule has 0 atom stereocenters. The Morgan fingerprint density at radius 1 is 1.33 bits per heavy atom. The fourth-order valence-electron chi connectivity index (χ4n) is 2.53. The van der Waals surface area contributed by atoms with Gasteiger partial charge in [0.05, 0.1) is 24.8 Å². The van der Waals surface area contributed by atoms with Gasteiger partial charge in [-0.25, -0.2) is 4.39 Å².